The third kappa shape index (κ3) is 5.44. The highest BCUT2D eigenvalue weighted by Gasteiger charge is 2.16. The molecule has 27 heavy (non-hydrogen) atoms. The molecule has 1 fully saturated rings. The summed E-state index contributed by atoms with van der Waals surface area (Å²) >= 11 is 1.47. The maximum Gasteiger partial charge on any atom is 0.286 e. The van der Waals surface area contributed by atoms with Gasteiger partial charge in [0.1, 0.15) is 11.6 Å². The van der Waals surface area contributed by atoms with Crippen LogP contribution in [-0.2, 0) is 21.8 Å². The molecular weight excluding hydrogens is 368 g/mol. The number of amides is 1. The summed E-state index contributed by atoms with van der Waals surface area (Å²) in [6, 6.07) is 5.45. The molecule has 1 saturated heterocycles. The molecule has 0 saturated carbocycles. The molecule has 2 aromatic heterocycles. The molecule has 1 aliphatic heterocycles. The lowest BCUT2D eigenvalue weighted by Crippen LogP contribution is -2.37. The number of methoxy groups -OCH3 is 1. The molecule has 0 unspecified atom stereocenters. The molecule has 1 amide bonds. The van der Waals surface area contributed by atoms with Crippen molar-refractivity contribution in [3.05, 3.63) is 35.4 Å². The van der Waals surface area contributed by atoms with Crippen LogP contribution in [0.5, 0.6) is 0 Å². The van der Waals surface area contributed by atoms with Crippen LogP contribution in [0.4, 0.5) is 5.82 Å². The van der Waals surface area contributed by atoms with E-state index in [0.717, 1.165) is 24.6 Å². The predicted molar refractivity (Wildman–Crippen MR) is 102 cm³/mol. The Hall–Kier alpha value is -2.10. The molecule has 0 spiro atoms. The van der Waals surface area contributed by atoms with Gasteiger partial charge in [-0.15, -0.1) is 0 Å². The van der Waals surface area contributed by atoms with E-state index in [-0.39, 0.29) is 5.91 Å². The summed E-state index contributed by atoms with van der Waals surface area (Å²) in [5.41, 5.74) is 0.832. The van der Waals surface area contributed by atoms with Crippen LogP contribution >= 0.6 is 11.8 Å². The first kappa shape index (κ1) is 19.7. The van der Waals surface area contributed by atoms with Crippen molar-refractivity contribution in [2.75, 3.05) is 44.9 Å². The molecular formula is C18H24N4O4S. The lowest BCUT2D eigenvalue weighted by atomic mass is 10.3. The summed E-state index contributed by atoms with van der Waals surface area (Å²) in [5.74, 6) is 2.23. The zero-order valence-electron chi connectivity index (χ0n) is 15.6. The number of aromatic nitrogens is 2. The zero-order chi connectivity index (χ0) is 19.1. The van der Waals surface area contributed by atoms with Crippen molar-refractivity contribution in [1.29, 1.82) is 0 Å². The van der Waals surface area contributed by atoms with Gasteiger partial charge < -0.3 is 24.1 Å². The normalized spacial score (nSPS) is 14.4. The lowest BCUT2D eigenvalue weighted by molar-refractivity contribution is 0.0927. The van der Waals surface area contributed by atoms with E-state index in [9.17, 15) is 4.79 Å². The number of nitrogens with zero attached hydrogens (tertiary/aromatic N) is 3. The van der Waals surface area contributed by atoms with Crippen molar-refractivity contribution < 1.29 is 18.7 Å². The van der Waals surface area contributed by atoms with Crippen LogP contribution in [0.1, 0.15) is 28.9 Å². The smallest absolute Gasteiger partial charge is 0.286 e. The highest BCUT2D eigenvalue weighted by atomic mass is 32.2. The Kier molecular flexibility index (Phi) is 7.08. The highest BCUT2D eigenvalue weighted by Crippen LogP contribution is 2.24. The minimum absolute atomic E-state index is 0.207. The molecule has 0 atom stereocenters. The van der Waals surface area contributed by atoms with Gasteiger partial charge in [0, 0.05) is 32.8 Å². The van der Waals surface area contributed by atoms with Crippen LogP contribution in [0.3, 0.4) is 0 Å². The largest absolute Gasteiger partial charge is 0.455 e. The Morgan fingerprint density at radius 2 is 2.15 bits per heavy atom. The Morgan fingerprint density at radius 1 is 1.33 bits per heavy atom. The van der Waals surface area contributed by atoms with Gasteiger partial charge in [0.2, 0.25) is 0 Å². The van der Waals surface area contributed by atoms with Gasteiger partial charge in [-0.25, -0.2) is 9.97 Å². The number of hydrogen-bond donors (Lipinski definition) is 1. The van der Waals surface area contributed by atoms with Gasteiger partial charge >= 0.3 is 0 Å². The van der Waals surface area contributed by atoms with Gasteiger partial charge in [-0.2, -0.15) is 0 Å². The van der Waals surface area contributed by atoms with Crippen LogP contribution in [0.15, 0.2) is 27.8 Å². The average molecular weight is 392 g/mol. The van der Waals surface area contributed by atoms with Crippen molar-refractivity contribution in [3.63, 3.8) is 0 Å². The van der Waals surface area contributed by atoms with Crippen molar-refractivity contribution in [3.8, 4) is 0 Å². The van der Waals surface area contributed by atoms with E-state index in [2.05, 4.69) is 20.2 Å². The fourth-order valence-electron chi connectivity index (χ4n) is 2.66. The SMILES string of the molecule is CCNC(=O)c1ccc(CSc2nc(COC)cc(N3CCOCC3)n2)o1. The number of nitrogens with one attached hydrogen (secondary N) is 1. The van der Waals surface area contributed by atoms with Gasteiger partial charge in [-0.3, -0.25) is 4.79 Å². The molecule has 3 rings (SSSR count). The molecule has 146 valence electrons. The molecule has 1 N–H and O–H groups in total. The summed E-state index contributed by atoms with van der Waals surface area (Å²) < 4.78 is 16.3. The molecule has 1 aliphatic rings. The second kappa shape index (κ2) is 9.72. The number of hydrogen-bond acceptors (Lipinski definition) is 8. The average Bonchev–Trinajstić information content (AvgIpc) is 3.17. The molecule has 8 nitrogen and oxygen atoms in total. The number of ether oxygens (including phenoxy) is 2. The van der Waals surface area contributed by atoms with Crippen LogP contribution in [0.25, 0.3) is 0 Å². The summed E-state index contributed by atoms with van der Waals surface area (Å²) in [6.45, 7) is 5.86. The first-order chi connectivity index (χ1) is 13.2. The third-order valence-corrected chi connectivity index (χ3v) is 4.81. The number of thioether (sulfide) groups is 1. The van der Waals surface area contributed by atoms with E-state index in [1.807, 2.05) is 13.0 Å². The van der Waals surface area contributed by atoms with E-state index < -0.39 is 0 Å². The predicted octanol–water partition coefficient (Wildman–Crippen LogP) is 2.09. The quantitative estimate of drug-likeness (QED) is 0.540. The molecule has 0 bridgehead atoms. The fourth-order valence-corrected chi connectivity index (χ4v) is 3.43. The number of rotatable bonds is 8. The molecule has 9 heteroatoms. The minimum atomic E-state index is -0.207. The second-order valence-corrected chi connectivity index (χ2v) is 6.89. The summed E-state index contributed by atoms with van der Waals surface area (Å²) in [7, 11) is 1.65. The molecule has 2 aromatic rings. The number of morpholine rings is 1. The number of anilines is 1. The minimum Gasteiger partial charge on any atom is -0.455 e. The van der Waals surface area contributed by atoms with Gasteiger partial charge in [0.15, 0.2) is 10.9 Å². The van der Waals surface area contributed by atoms with E-state index in [1.165, 1.54) is 11.8 Å². The Labute approximate surface area is 162 Å². The standard InChI is InChI=1S/C18H24N4O4S/c1-3-19-17(23)15-5-4-14(26-15)12-27-18-20-13(11-24-2)10-16(21-18)22-6-8-25-9-7-22/h4-5,10H,3,6-9,11-12H2,1-2H3,(H,19,23). The van der Waals surface area contributed by atoms with Gasteiger partial charge in [0.25, 0.3) is 5.91 Å². The van der Waals surface area contributed by atoms with E-state index in [4.69, 9.17) is 13.9 Å². The van der Waals surface area contributed by atoms with E-state index in [0.29, 0.717) is 48.8 Å². The van der Waals surface area contributed by atoms with Crippen molar-refractivity contribution in [2.45, 2.75) is 24.4 Å². The molecule has 0 radical (unpaired) electrons. The summed E-state index contributed by atoms with van der Waals surface area (Å²) in [6.07, 6.45) is 0. The maximum absolute atomic E-state index is 11.8. The second-order valence-electron chi connectivity index (χ2n) is 5.95. The van der Waals surface area contributed by atoms with Crippen molar-refractivity contribution >= 4 is 23.5 Å². The summed E-state index contributed by atoms with van der Waals surface area (Å²) in [5, 5.41) is 3.38. The fraction of sp³-hybridized carbons (Fsp3) is 0.500. The number of carbonyl (C=O) groups excluding carboxylic acids is 1. The lowest BCUT2D eigenvalue weighted by Gasteiger charge is -2.28. The van der Waals surface area contributed by atoms with Crippen LogP contribution in [0, 0.1) is 0 Å². The van der Waals surface area contributed by atoms with Crippen LogP contribution in [0.2, 0.25) is 0 Å². The first-order valence-corrected chi connectivity index (χ1v) is 9.87. The first-order valence-electron chi connectivity index (χ1n) is 8.89. The van der Waals surface area contributed by atoms with Crippen molar-refractivity contribution in [1.82, 2.24) is 15.3 Å². The monoisotopic (exact) mass is 392 g/mol. The topological polar surface area (TPSA) is 89.7 Å². The van der Waals surface area contributed by atoms with E-state index in [1.54, 1.807) is 19.2 Å². The summed E-state index contributed by atoms with van der Waals surface area (Å²) in [4.78, 5) is 23.2. The van der Waals surface area contributed by atoms with Gasteiger partial charge in [0.05, 0.1) is 31.3 Å². The maximum atomic E-state index is 11.8. The Bertz CT molecular complexity index is 762. The van der Waals surface area contributed by atoms with Crippen LogP contribution < -0.4 is 10.2 Å². The number of furan rings is 1. The van der Waals surface area contributed by atoms with Crippen LogP contribution in [-0.4, -0.2) is 55.8 Å². The van der Waals surface area contributed by atoms with Gasteiger partial charge in [-0.05, 0) is 19.1 Å². The number of carbonyl (C=O) groups is 1. The molecule has 0 aromatic carbocycles. The van der Waals surface area contributed by atoms with E-state index >= 15 is 0 Å². The highest BCUT2D eigenvalue weighted by molar-refractivity contribution is 7.98. The molecule has 3 heterocycles. The Morgan fingerprint density at radius 3 is 2.89 bits per heavy atom. The van der Waals surface area contributed by atoms with Gasteiger partial charge in [-0.1, -0.05) is 11.8 Å². The third-order valence-electron chi connectivity index (χ3n) is 3.94. The Balaban J connectivity index is 1.69. The molecule has 0 aliphatic carbocycles. The van der Waals surface area contributed by atoms with Crippen molar-refractivity contribution in [2.24, 2.45) is 0 Å². The zero-order valence-corrected chi connectivity index (χ0v) is 16.4.